The first-order valence-electron chi connectivity index (χ1n) is 10.8. The highest BCUT2D eigenvalue weighted by Gasteiger charge is 2.13. The fraction of sp³-hybridized carbons (Fsp3) is 0.600. The summed E-state index contributed by atoms with van der Waals surface area (Å²) in [6, 6.07) is 12.8. The van der Waals surface area contributed by atoms with E-state index in [1.807, 2.05) is 0 Å². The summed E-state index contributed by atoms with van der Waals surface area (Å²) < 4.78 is 0. The van der Waals surface area contributed by atoms with Crippen LogP contribution in [-0.4, -0.2) is 0 Å². The largest absolute Gasteiger partial charge is 0.0654 e. The van der Waals surface area contributed by atoms with Crippen LogP contribution in [0.2, 0.25) is 0 Å². The van der Waals surface area contributed by atoms with Crippen LogP contribution >= 0.6 is 0 Å². The number of unbranched alkanes of at least 4 members (excludes halogenated alkanes) is 6. The molecule has 1 radical (unpaired) electrons. The second-order valence-electron chi connectivity index (χ2n) is 7.48. The number of benzene rings is 2. The monoisotopic (exact) mass is 337 g/mol. The Morgan fingerprint density at radius 2 is 1.20 bits per heavy atom. The van der Waals surface area contributed by atoms with E-state index in [2.05, 4.69) is 51.1 Å². The third-order valence-corrected chi connectivity index (χ3v) is 5.36. The van der Waals surface area contributed by atoms with Crippen molar-refractivity contribution in [2.45, 2.75) is 97.8 Å². The van der Waals surface area contributed by atoms with Gasteiger partial charge >= 0.3 is 0 Å². The number of aryl methyl sites for hydroxylation is 2. The SMILES string of the molecule is CCCCCc1[c]c2ccccc2c(CCCCC)c1CCCCC. The molecule has 0 heteroatoms. The Morgan fingerprint density at radius 3 is 1.84 bits per heavy atom. The van der Waals surface area contributed by atoms with Crippen LogP contribution in [0.15, 0.2) is 24.3 Å². The molecule has 0 unspecified atom stereocenters. The summed E-state index contributed by atoms with van der Waals surface area (Å²) in [5.74, 6) is 0. The third-order valence-electron chi connectivity index (χ3n) is 5.36. The zero-order valence-electron chi connectivity index (χ0n) is 16.8. The molecule has 0 aromatic heterocycles. The van der Waals surface area contributed by atoms with Crippen molar-refractivity contribution >= 4 is 10.8 Å². The first-order chi connectivity index (χ1) is 12.3. The van der Waals surface area contributed by atoms with Gasteiger partial charge in [0.1, 0.15) is 0 Å². The van der Waals surface area contributed by atoms with Crippen molar-refractivity contribution in [1.82, 2.24) is 0 Å². The molecule has 0 bridgehead atoms. The molecular formula is C25H37. The van der Waals surface area contributed by atoms with Crippen LogP contribution in [0.4, 0.5) is 0 Å². The molecule has 2 aromatic rings. The second kappa shape index (κ2) is 11.3. The van der Waals surface area contributed by atoms with E-state index in [0.29, 0.717) is 0 Å². The lowest BCUT2D eigenvalue weighted by atomic mass is 9.86. The Labute approximate surface area is 156 Å². The summed E-state index contributed by atoms with van der Waals surface area (Å²) in [5.41, 5.74) is 4.82. The summed E-state index contributed by atoms with van der Waals surface area (Å²) in [7, 11) is 0. The predicted octanol–water partition coefficient (Wildman–Crippen LogP) is 7.84. The standard InChI is InChI=1S/C25H37/c1-4-7-10-15-21-20-22-16-13-14-18-24(22)25(19-12-9-6-3)23(21)17-11-8-5-2/h13-14,16,18H,4-12,15,17,19H2,1-3H3. The van der Waals surface area contributed by atoms with Crippen LogP contribution in [-0.2, 0) is 19.3 Å². The number of rotatable bonds is 12. The van der Waals surface area contributed by atoms with Gasteiger partial charge in [0.25, 0.3) is 0 Å². The van der Waals surface area contributed by atoms with E-state index in [0.717, 1.165) is 0 Å². The normalized spacial score (nSPS) is 11.3. The van der Waals surface area contributed by atoms with Gasteiger partial charge in [0.2, 0.25) is 0 Å². The van der Waals surface area contributed by atoms with E-state index in [9.17, 15) is 0 Å². The minimum atomic E-state index is 1.21. The van der Waals surface area contributed by atoms with Gasteiger partial charge < -0.3 is 0 Å². The van der Waals surface area contributed by atoms with E-state index in [-0.39, 0.29) is 0 Å². The lowest BCUT2D eigenvalue weighted by Gasteiger charge is -2.18. The molecule has 2 aromatic carbocycles. The van der Waals surface area contributed by atoms with Crippen LogP contribution in [0, 0.1) is 6.07 Å². The van der Waals surface area contributed by atoms with Gasteiger partial charge in [-0.2, -0.15) is 0 Å². The van der Waals surface area contributed by atoms with Crippen molar-refractivity contribution in [3.8, 4) is 0 Å². The predicted molar refractivity (Wildman–Crippen MR) is 112 cm³/mol. The zero-order valence-corrected chi connectivity index (χ0v) is 16.8. The van der Waals surface area contributed by atoms with Crippen molar-refractivity contribution in [3.63, 3.8) is 0 Å². The van der Waals surface area contributed by atoms with E-state index in [1.165, 1.54) is 93.4 Å². The van der Waals surface area contributed by atoms with Crippen molar-refractivity contribution in [2.24, 2.45) is 0 Å². The van der Waals surface area contributed by atoms with Gasteiger partial charge in [0.05, 0.1) is 0 Å². The fourth-order valence-electron chi connectivity index (χ4n) is 3.89. The Kier molecular flexibility index (Phi) is 9.08. The highest BCUT2D eigenvalue weighted by molar-refractivity contribution is 5.87. The minimum absolute atomic E-state index is 1.21. The molecule has 0 aliphatic heterocycles. The van der Waals surface area contributed by atoms with E-state index in [4.69, 9.17) is 0 Å². The summed E-state index contributed by atoms with van der Waals surface area (Å²) in [6.45, 7) is 6.90. The molecule has 0 aliphatic rings. The maximum atomic E-state index is 3.81. The highest BCUT2D eigenvalue weighted by atomic mass is 14.2. The van der Waals surface area contributed by atoms with E-state index in [1.54, 1.807) is 11.1 Å². The molecule has 0 fully saturated rings. The van der Waals surface area contributed by atoms with Crippen molar-refractivity contribution in [1.29, 1.82) is 0 Å². The molecule has 0 N–H and O–H groups in total. The first kappa shape index (κ1) is 20.0. The molecular weight excluding hydrogens is 300 g/mol. The summed E-state index contributed by atoms with van der Waals surface area (Å²) in [6.07, 6.45) is 15.6. The van der Waals surface area contributed by atoms with Crippen molar-refractivity contribution < 1.29 is 0 Å². The molecule has 0 saturated carbocycles. The van der Waals surface area contributed by atoms with Crippen molar-refractivity contribution in [3.05, 3.63) is 47.0 Å². The van der Waals surface area contributed by atoms with Crippen LogP contribution in [0.5, 0.6) is 0 Å². The van der Waals surface area contributed by atoms with Gasteiger partial charge in [-0.15, -0.1) is 0 Å². The minimum Gasteiger partial charge on any atom is -0.0654 e. The van der Waals surface area contributed by atoms with Crippen molar-refractivity contribution in [2.75, 3.05) is 0 Å². The maximum absolute atomic E-state index is 3.81. The van der Waals surface area contributed by atoms with Gasteiger partial charge in [-0.25, -0.2) is 0 Å². The lowest BCUT2D eigenvalue weighted by Crippen LogP contribution is -2.04. The van der Waals surface area contributed by atoms with Gasteiger partial charge in [0, 0.05) is 0 Å². The average molecular weight is 338 g/mol. The Bertz CT molecular complexity index is 623. The topological polar surface area (TPSA) is 0 Å². The number of fused-ring (bicyclic) bond motifs is 1. The fourth-order valence-corrected chi connectivity index (χ4v) is 3.89. The third kappa shape index (κ3) is 5.87. The van der Waals surface area contributed by atoms with Gasteiger partial charge in [0.15, 0.2) is 0 Å². The van der Waals surface area contributed by atoms with Gasteiger partial charge in [-0.1, -0.05) is 83.6 Å². The maximum Gasteiger partial charge on any atom is -0.00612 e. The highest BCUT2D eigenvalue weighted by Crippen LogP contribution is 2.30. The molecule has 25 heavy (non-hydrogen) atoms. The van der Waals surface area contributed by atoms with Gasteiger partial charge in [-0.05, 0) is 72.1 Å². The number of hydrogen-bond acceptors (Lipinski definition) is 0. The zero-order chi connectivity index (χ0) is 17.9. The Morgan fingerprint density at radius 1 is 0.640 bits per heavy atom. The molecule has 0 saturated heterocycles. The van der Waals surface area contributed by atoms with Gasteiger partial charge in [-0.3, -0.25) is 0 Å². The summed E-state index contributed by atoms with van der Waals surface area (Å²) in [5, 5.41) is 2.80. The molecule has 0 aliphatic carbocycles. The number of hydrogen-bond donors (Lipinski definition) is 0. The second-order valence-corrected chi connectivity index (χ2v) is 7.48. The molecule has 0 heterocycles. The summed E-state index contributed by atoms with van der Waals surface area (Å²) in [4.78, 5) is 0. The molecule has 0 spiro atoms. The molecule has 137 valence electrons. The van der Waals surface area contributed by atoms with E-state index >= 15 is 0 Å². The van der Waals surface area contributed by atoms with Crippen LogP contribution in [0.25, 0.3) is 10.8 Å². The first-order valence-corrected chi connectivity index (χ1v) is 10.8. The van der Waals surface area contributed by atoms with Crippen LogP contribution in [0.3, 0.4) is 0 Å². The molecule has 0 nitrogen and oxygen atoms in total. The van der Waals surface area contributed by atoms with E-state index < -0.39 is 0 Å². The lowest BCUT2D eigenvalue weighted by molar-refractivity contribution is 0.680. The van der Waals surface area contributed by atoms with Crippen LogP contribution < -0.4 is 0 Å². The molecule has 0 amide bonds. The van der Waals surface area contributed by atoms with Crippen LogP contribution in [0.1, 0.15) is 95.2 Å². The Hall–Kier alpha value is -1.30. The summed E-state index contributed by atoms with van der Waals surface area (Å²) >= 11 is 0. The molecule has 2 rings (SSSR count). The average Bonchev–Trinajstić information content (AvgIpc) is 2.63. The smallest absolute Gasteiger partial charge is 0.00612 e. The Balaban J connectivity index is 2.40. The molecule has 0 atom stereocenters. The quantitative estimate of drug-likeness (QED) is 0.346.